The predicted octanol–water partition coefficient (Wildman–Crippen LogP) is 8.95. The van der Waals surface area contributed by atoms with Crippen LogP contribution in [0.5, 0.6) is 0 Å². The average Bonchev–Trinajstić information content (AvgIpc) is 2.78. The molecule has 2 rings (SSSR count). The average molecular weight is 633 g/mol. The van der Waals surface area contributed by atoms with Crippen molar-refractivity contribution >= 4 is 69.9 Å². The highest BCUT2D eigenvalue weighted by Gasteiger charge is 2.40. The van der Waals surface area contributed by atoms with Crippen LogP contribution in [0.4, 0.5) is 30.7 Å². The van der Waals surface area contributed by atoms with E-state index >= 15 is 0 Å². The number of rotatable bonds is 9. The number of allylic oxidation sites excluding steroid dienone is 1. The highest BCUT2D eigenvalue weighted by molar-refractivity contribution is 7.99. The number of thioether (sulfide) groups is 1. The minimum atomic E-state index is -4.93. The van der Waals surface area contributed by atoms with Gasteiger partial charge in [0.2, 0.25) is 0 Å². The summed E-state index contributed by atoms with van der Waals surface area (Å²) in [6, 6.07) is 4.82. The Morgan fingerprint density at radius 3 is 2.11 bits per heavy atom. The van der Waals surface area contributed by atoms with Crippen LogP contribution in [0.3, 0.4) is 0 Å². The molecule has 3 nitrogen and oxygen atoms in total. The van der Waals surface area contributed by atoms with E-state index in [1.807, 2.05) is 0 Å². The number of methoxy groups -OCH3 is 1. The van der Waals surface area contributed by atoms with Crippen LogP contribution in [0.1, 0.15) is 27.4 Å². The van der Waals surface area contributed by atoms with Gasteiger partial charge in [0.05, 0.1) is 31.4 Å². The molecule has 204 valence electrons. The zero-order chi connectivity index (χ0) is 28.1. The lowest BCUT2D eigenvalue weighted by Crippen LogP contribution is -2.38. The molecule has 2 aromatic rings. The molecule has 0 bridgehead atoms. The van der Waals surface area contributed by atoms with Gasteiger partial charge in [-0.05, 0) is 35.9 Å². The van der Waals surface area contributed by atoms with Crippen molar-refractivity contribution in [1.82, 2.24) is 5.32 Å². The molecule has 0 saturated carbocycles. The molecule has 15 heteroatoms. The fourth-order valence-corrected chi connectivity index (χ4v) is 4.56. The minimum absolute atomic E-state index is 0.159. The zero-order valence-corrected chi connectivity index (χ0v) is 22.3. The van der Waals surface area contributed by atoms with E-state index in [4.69, 9.17) is 51.1 Å². The van der Waals surface area contributed by atoms with Crippen LogP contribution < -0.4 is 5.32 Å². The molecule has 0 aliphatic rings. The standard InChI is InChI=1S/C22H16Cl4F7NO2S/c1-36-18(8-37-9-21(28,29)30)34-20(35)12-3-2-10(4-14(12)23)17(27)7-13(22(31,32)33)11-5-15(24)19(26)16(25)6-11/h2-7,13,18H,8-9H2,1H3,(H,34,35)/b17-7-. The van der Waals surface area contributed by atoms with Crippen molar-refractivity contribution in [3.8, 4) is 0 Å². The number of carbonyl (C=O) groups excluding carboxylic acids is 1. The first-order valence-corrected chi connectivity index (χ1v) is 12.6. The van der Waals surface area contributed by atoms with Crippen molar-refractivity contribution in [1.29, 1.82) is 0 Å². The summed E-state index contributed by atoms with van der Waals surface area (Å²) in [6.45, 7) is 0. The minimum Gasteiger partial charge on any atom is -0.361 e. The van der Waals surface area contributed by atoms with Gasteiger partial charge in [-0.2, -0.15) is 26.3 Å². The second-order valence-corrected chi connectivity index (χ2v) is 9.98. The van der Waals surface area contributed by atoms with Gasteiger partial charge in [-0.25, -0.2) is 4.39 Å². The van der Waals surface area contributed by atoms with E-state index < -0.39 is 47.5 Å². The Hall–Kier alpha value is -1.37. The third kappa shape index (κ3) is 9.40. The van der Waals surface area contributed by atoms with Crippen molar-refractivity contribution in [3.63, 3.8) is 0 Å². The SMILES string of the molecule is COC(CSCC(F)(F)F)NC(=O)c1ccc(/C(F)=C/C(c2cc(Cl)c(Cl)c(Cl)c2)C(F)(F)F)cc1Cl. The van der Waals surface area contributed by atoms with E-state index in [9.17, 15) is 35.5 Å². The molecule has 2 aromatic carbocycles. The smallest absolute Gasteiger partial charge is 0.361 e. The second-order valence-electron chi connectivity index (χ2n) is 7.36. The topological polar surface area (TPSA) is 38.3 Å². The van der Waals surface area contributed by atoms with Crippen LogP contribution in [0.25, 0.3) is 5.83 Å². The summed E-state index contributed by atoms with van der Waals surface area (Å²) in [4.78, 5) is 12.5. The Morgan fingerprint density at radius 1 is 1.03 bits per heavy atom. The molecular weight excluding hydrogens is 617 g/mol. The van der Waals surface area contributed by atoms with Gasteiger partial charge in [0.25, 0.3) is 5.91 Å². The molecule has 2 atom stereocenters. The number of nitrogens with one attached hydrogen (secondary N) is 1. The lowest BCUT2D eigenvalue weighted by Gasteiger charge is -2.19. The molecule has 0 fully saturated rings. The first kappa shape index (κ1) is 31.8. The van der Waals surface area contributed by atoms with Crippen LogP contribution in [0.15, 0.2) is 36.4 Å². The summed E-state index contributed by atoms with van der Waals surface area (Å²) in [7, 11) is 1.17. The van der Waals surface area contributed by atoms with Gasteiger partial charge in [0, 0.05) is 18.4 Å². The maximum Gasteiger partial charge on any atom is 0.399 e. The summed E-state index contributed by atoms with van der Waals surface area (Å²) in [5.74, 6) is -5.99. The number of alkyl halides is 6. The van der Waals surface area contributed by atoms with Gasteiger partial charge in [0.15, 0.2) is 0 Å². The van der Waals surface area contributed by atoms with E-state index in [-0.39, 0.29) is 37.0 Å². The Bertz CT molecular complexity index is 1140. The summed E-state index contributed by atoms with van der Waals surface area (Å²) in [5.41, 5.74) is -1.03. The third-order valence-corrected chi connectivity index (χ3v) is 7.21. The fourth-order valence-electron chi connectivity index (χ4n) is 2.90. The van der Waals surface area contributed by atoms with Crippen molar-refractivity contribution in [2.75, 3.05) is 18.6 Å². The quantitative estimate of drug-likeness (QED) is 0.170. The lowest BCUT2D eigenvalue weighted by molar-refractivity contribution is -0.139. The number of carbonyl (C=O) groups is 1. The van der Waals surface area contributed by atoms with E-state index in [1.54, 1.807) is 0 Å². The molecule has 0 saturated heterocycles. The zero-order valence-electron chi connectivity index (χ0n) is 18.4. The van der Waals surface area contributed by atoms with Gasteiger partial charge in [-0.3, -0.25) is 4.79 Å². The van der Waals surface area contributed by atoms with Crippen LogP contribution in [-0.4, -0.2) is 43.1 Å². The van der Waals surface area contributed by atoms with Crippen molar-refractivity contribution in [2.45, 2.75) is 24.5 Å². The first-order chi connectivity index (χ1) is 17.0. The molecule has 1 N–H and O–H groups in total. The van der Waals surface area contributed by atoms with Crippen LogP contribution in [-0.2, 0) is 4.74 Å². The maximum atomic E-state index is 14.9. The highest BCUT2D eigenvalue weighted by atomic mass is 35.5. The molecule has 0 radical (unpaired) electrons. The predicted molar refractivity (Wildman–Crippen MR) is 132 cm³/mol. The third-order valence-electron chi connectivity index (χ3n) is 4.63. The molecule has 1 amide bonds. The van der Waals surface area contributed by atoms with Gasteiger partial charge >= 0.3 is 12.4 Å². The van der Waals surface area contributed by atoms with Gasteiger partial charge in [-0.1, -0.05) is 52.5 Å². The monoisotopic (exact) mass is 631 g/mol. The maximum absolute atomic E-state index is 14.9. The number of ether oxygens (including phenoxy) is 1. The molecular formula is C22H16Cl4F7NO2S. The Kier molecular flexibility index (Phi) is 11.3. The van der Waals surface area contributed by atoms with Crippen LogP contribution in [0, 0.1) is 0 Å². The Labute approximate surface area is 231 Å². The molecule has 37 heavy (non-hydrogen) atoms. The van der Waals surface area contributed by atoms with Crippen molar-refractivity contribution in [2.24, 2.45) is 0 Å². The lowest BCUT2D eigenvalue weighted by atomic mass is 9.96. The van der Waals surface area contributed by atoms with Gasteiger partial charge in [0.1, 0.15) is 18.0 Å². The Morgan fingerprint density at radius 2 is 1.62 bits per heavy atom. The Balaban J connectivity index is 2.26. The molecule has 0 aromatic heterocycles. The molecule has 0 heterocycles. The largest absolute Gasteiger partial charge is 0.399 e. The molecule has 2 unspecified atom stereocenters. The van der Waals surface area contributed by atoms with E-state index in [0.29, 0.717) is 17.8 Å². The summed E-state index contributed by atoms with van der Waals surface area (Å²) < 4.78 is 97.9. The highest BCUT2D eigenvalue weighted by Crippen LogP contribution is 2.42. The fraction of sp³-hybridized carbons (Fsp3) is 0.318. The first-order valence-electron chi connectivity index (χ1n) is 9.90. The number of halogens is 11. The van der Waals surface area contributed by atoms with Crippen molar-refractivity contribution in [3.05, 3.63) is 73.2 Å². The van der Waals surface area contributed by atoms with Gasteiger partial charge in [-0.15, -0.1) is 11.8 Å². The molecule has 0 aliphatic heterocycles. The van der Waals surface area contributed by atoms with E-state index in [0.717, 1.165) is 30.3 Å². The molecule has 0 aliphatic carbocycles. The number of benzene rings is 2. The summed E-state index contributed by atoms with van der Waals surface area (Å²) >= 11 is 23.9. The normalized spacial score (nSPS) is 14.4. The number of hydrogen-bond donors (Lipinski definition) is 1. The summed E-state index contributed by atoms with van der Waals surface area (Å²) in [5, 5.41) is 1.33. The second kappa shape index (κ2) is 13.1. The molecule has 0 spiro atoms. The number of amides is 1. The number of hydrogen-bond acceptors (Lipinski definition) is 3. The summed E-state index contributed by atoms with van der Waals surface area (Å²) in [6.07, 6.45) is -10.1. The van der Waals surface area contributed by atoms with Crippen molar-refractivity contribution < 1.29 is 40.3 Å². The van der Waals surface area contributed by atoms with Gasteiger partial charge < -0.3 is 10.1 Å². The van der Waals surface area contributed by atoms with E-state index in [1.165, 1.54) is 7.11 Å². The van der Waals surface area contributed by atoms with Crippen LogP contribution >= 0.6 is 58.2 Å². The van der Waals surface area contributed by atoms with Crippen LogP contribution in [0.2, 0.25) is 20.1 Å². The van der Waals surface area contributed by atoms with E-state index in [2.05, 4.69) is 5.32 Å².